The first-order valence-corrected chi connectivity index (χ1v) is 16.2. The highest BCUT2D eigenvalue weighted by Gasteiger charge is 2.39. The minimum atomic E-state index is -3.46. The van der Waals surface area contributed by atoms with Gasteiger partial charge in [0.15, 0.2) is 0 Å². The van der Waals surface area contributed by atoms with E-state index in [1.54, 1.807) is 13.0 Å². The van der Waals surface area contributed by atoms with Gasteiger partial charge in [0.2, 0.25) is 10.0 Å². The first kappa shape index (κ1) is 27.3. The van der Waals surface area contributed by atoms with E-state index in [0.717, 1.165) is 6.07 Å². The Balaban J connectivity index is 2.15. The van der Waals surface area contributed by atoms with E-state index in [9.17, 15) is 21.6 Å². The molecule has 0 radical (unpaired) electrons. The first-order valence-electron chi connectivity index (χ1n) is 11.6. The molecule has 0 unspecified atom stereocenters. The fourth-order valence-electron chi connectivity index (χ4n) is 3.65. The molecule has 3 rings (SSSR count). The van der Waals surface area contributed by atoms with E-state index in [1.165, 1.54) is 18.2 Å². The van der Waals surface area contributed by atoms with E-state index >= 15 is 0 Å². The van der Waals surface area contributed by atoms with Crippen molar-refractivity contribution >= 4 is 29.2 Å². The second kappa shape index (κ2) is 9.98. The zero-order valence-corrected chi connectivity index (χ0v) is 22.8. The molecule has 0 amide bonds. The average Bonchev–Trinajstić information content (AvgIpc) is 3.05. The van der Waals surface area contributed by atoms with Crippen molar-refractivity contribution in [3.05, 3.63) is 53.3 Å². The number of aromatic amines is 1. The summed E-state index contributed by atoms with van der Waals surface area (Å²) in [4.78, 5) is 3.03. The zero-order valence-electron chi connectivity index (χ0n) is 21.0. The van der Waals surface area contributed by atoms with Crippen LogP contribution in [0.1, 0.15) is 39.7 Å². The van der Waals surface area contributed by atoms with Gasteiger partial charge in [0.25, 0.3) is 8.32 Å². The molecule has 0 saturated heterocycles. The van der Waals surface area contributed by atoms with Crippen LogP contribution in [0, 0.1) is 17.5 Å². The molecule has 0 aliphatic heterocycles. The molecule has 0 atom stereocenters. The fraction of sp³-hybridized carbons (Fsp3) is 0.440. The minimum absolute atomic E-state index is 0.0144. The number of halogens is 3. The van der Waals surface area contributed by atoms with E-state index in [1.807, 2.05) is 13.1 Å². The van der Waals surface area contributed by atoms with E-state index in [-0.39, 0.29) is 29.3 Å². The average molecular weight is 527 g/mol. The van der Waals surface area contributed by atoms with Crippen LogP contribution in [0.5, 0.6) is 5.75 Å². The Morgan fingerprint density at radius 2 is 1.74 bits per heavy atom. The van der Waals surface area contributed by atoms with E-state index in [0.29, 0.717) is 34.4 Å². The first-order chi connectivity index (χ1) is 16.1. The van der Waals surface area contributed by atoms with Gasteiger partial charge in [-0.1, -0.05) is 27.7 Å². The van der Waals surface area contributed by atoms with Gasteiger partial charge >= 0.3 is 0 Å². The smallest absolute Gasteiger partial charge is 0.250 e. The highest BCUT2D eigenvalue weighted by atomic mass is 32.2. The molecule has 0 fully saturated rings. The predicted octanol–water partition coefficient (Wildman–Crippen LogP) is 6.51. The van der Waals surface area contributed by atoms with Gasteiger partial charge in [-0.15, -0.1) is 0 Å². The van der Waals surface area contributed by atoms with Gasteiger partial charge in [-0.3, -0.25) is 0 Å². The summed E-state index contributed by atoms with van der Waals surface area (Å²) >= 11 is 0. The van der Waals surface area contributed by atoms with Gasteiger partial charge in [-0.25, -0.2) is 26.3 Å². The SMILES string of the molecule is CCCS(=O)(=O)NCCc1c(-c2ccc(F)cc2O[Si](C)(C)C(C)(C)C)[nH]c2c(F)cc(F)cc12. The third-order valence-electron chi connectivity index (χ3n) is 6.49. The van der Waals surface area contributed by atoms with Crippen molar-refractivity contribution < 1.29 is 26.0 Å². The monoisotopic (exact) mass is 526 g/mol. The summed E-state index contributed by atoms with van der Waals surface area (Å²) in [6, 6.07) is 6.12. The van der Waals surface area contributed by atoms with Crippen molar-refractivity contribution in [1.29, 1.82) is 0 Å². The molecule has 35 heavy (non-hydrogen) atoms. The normalized spacial score (nSPS) is 12.9. The fourth-order valence-corrected chi connectivity index (χ4v) is 5.77. The van der Waals surface area contributed by atoms with Crippen LogP contribution in [0.25, 0.3) is 22.2 Å². The van der Waals surface area contributed by atoms with Crippen molar-refractivity contribution in [2.45, 2.75) is 58.7 Å². The van der Waals surface area contributed by atoms with Crippen LogP contribution in [-0.4, -0.2) is 34.0 Å². The number of benzene rings is 2. The number of rotatable bonds is 9. The molecule has 5 nitrogen and oxygen atoms in total. The Kier molecular flexibility index (Phi) is 7.78. The third-order valence-corrected chi connectivity index (χ3v) is 12.4. The lowest BCUT2D eigenvalue weighted by Crippen LogP contribution is -2.44. The predicted molar refractivity (Wildman–Crippen MR) is 137 cm³/mol. The molecule has 1 heterocycles. The van der Waals surface area contributed by atoms with E-state index < -0.39 is 35.8 Å². The summed E-state index contributed by atoms with van der Waals surface area (Å²) in [6.45, 7) is 12.1. The van der Waals surface area contributed by atoms with Gasteiger partial charge in [0.05, 0.1) is 17.0 Å². The minimum Gasteiger partial charge on any atom is -0.543 e. The van der Waals surface area contributed by atoms with E-state index in [4.69, 9.17) is 4.43 Å². The van der Waals surface area contributed by atoms with Gasteiger partial charge < -0.3 is 9.41 Å². The van der Waals surface area contributed by atoms with Gasteiger partial charge in [-0.2, -0.15) is 0 Å². The Hall–Kier alpha value is -2.30. The van der Waals surface area contributed by atoms with Crippen molar-refractivity contribution in [1.82, 2.24) is 9.71 Å². The maximum absolute atomic E-state index is 14.7. The summed E-state index contributed by atoms with van der Waals surface area (Å²) in [5.41, 5.74) is 1.55. The number of sulfonamides is 1. The number of H-pyrrole nitrogens is 1. The quantitative estimate of drug-likeness (QED) is 0.312. The van der Waals surface area contributed by atoms with Crippen LogP contribution in [-0.2, 0) is 16.4 Å². The molecule has 10 heteroatoms. The molecule has 0 aliphatic rings. The molecule has 2 N–H and O–H groups in total. The molecular formula is C25H33F3N2O3SSi. The number of aromatic nitrogens is 1. The highest BCUT2D eigenvalue weighted by Crippen LogP contribution is 2.42. The van der Waals surface area contributed by atoms with Crippen molar-refractivity contribution in [2.75, 3.05) is 12.3 Å². The number of fused-ring (bicyclic) bond motifs is 1. The molecule has 192 valence electrons. The molecular weight excluding hydrogens is 493 g/mol. The number of hydrogen-bond acceptors (Lipinski definition) is 3. The largest absolute Gasteiger partial charge is 0.543 e. The topological polar surface area (TPSA) is 71.2 Å². The molecule has 0 spiro atoms. The van der Waals surface area contributed by atoms with E-state index in [2.05, 4.69) is 30.5 Å². The van der Waals surface area contributed by atoms with Crippen LogP contribution in [0.2, 0.25) is 18.1 Å². The second-order valence-electron chi connectivity index (χ2n) is 10.3. The van der Waals surface area contributed by atoms with Gasteiger partial charge in [0, 0.05) is 29.6 Å². The van der Waals surface area contributed by atoms with Crippen LogP contribution >= 0.6 is 0 Å². The summed E-state index contributed by atoms with van der Waals surface area (Å²) in [7, 11) is -5.84. The van der Waals surface area contributed by atoms with Crippen LogP contribution in [0.3, 0.4) is 0 Å². The molecule has 0 bridgehead atoms. The van der Waals surface area contributed by atoms with Crippen LogP contribution < -0.4 is 9.15 Å². The number of hydrogen-bond donors (Lipinski definition) is 2. The standard InChI is InChI=1S/C25H33F3N2O3SSi/c1-7-12-34(31,32)29-11-10-18-20-13-17(27)14-21(28)24(20)30-23(18)19-9-8-16(26)15-22(19)33-35(5,6)25(2,3)4/h8-9,13-15,29-30H,7,10-12H2,1-6H3. The van der Waals surface area contributed by atoms with Crippen LogP contribution in [0.15, 0.2) is 30.3 Å². The van der Waals surface area contributed by atoms with Crippen molar-refractivity contribution in [3.63, 3.8) is 0 Å². The van der Waals surface area contributed by atoms with Gasteiger partial charge in [-0.05, 0) is 54.7 Å². The lowest BCUT2D eigenvalue weighted by Gasteiger charge is -2.37. The van der Waals surface area contributed by atoms with Crippen molar-refractivity contribution in [2.24, 2.45) is 0 Å². The lowest BCUT2D eigenvalue weighted by molar-refractivity contribution is 0.488. The molecule has 0 aliphatic carbocycles. The second-order valence-corrected chi connectivity index (χ2v) is 16.9. The van der Waals surface area contributed by atoms with Crippen LogP contribution in [0.4, 0.5) is 13.2 Å². The third kappa shape index (κ3) is 6.10. The molecule has 1 aromatic heterocycles. The lowest BCUT2D eigenvalue weighted by atomic mass is 10.0. The maximum Gasteiger partial charge on any atom is 0.250 e. The Bertz CT molecular complexity index is 1330. The highest BCUT2D eigenvalue weighted by molar-refractivity contribution is 7.89. The summed E-state index contributed by atoms with van der Waals surface area (Å²) in [5.74, 6) is -1.71. The Morgan fingerprint density at radius 3 is 2.37 bits per heavy atom. The Labute approximate surface area is 206 Å². The summed E-state index contributed by atoms with van der Waals surface area (Å²) in [5, 5.41) is 0.141. The molecule has 3 aromatic rings. The van der Waals surface area contributed by atoms with Crippen molar-refractivity contribution in [3.8, 4) is 17.0 Å². The zero-order chi connectivity index (χ0) is 26.2. The number of nitrogens with one attached hydrogen (secondary N) is 2. The molecule has 2 aromatic carbocycles. The summed E-state index contributed by atoms with van der Waals surface area (Å²) < 4.78 is 76.4. The Morgan fingerprint density at radius 1 is 1.06 bits per heavy atom. The van der Waals surface area contributed by atoms with Gasteiger partial charge in [0.1, 0.15) is 23.2 Å². The maximum atomic E-state index is 14.7. The molecule has 0 saturated carbocycles. The summed E-state index contributed by atoms with van der Waals surface area (Å²) in [6.07, 6.45) is 0.631.